The third kappa shape index (κ3) is 3.08. The van der Waals surface area contributed by atoms with Gasteiger partial charge >= 0.3 is 0 Å². The predicted molar refractivity (Wildman–Crippen MR) is 62.3 cm³/mol. The maximum Gasteiger partial charge on any atom is 0.0684 e. The largest absolute Gasteiger partial charge is 0.392 e. The lowest BCUT2D eigenvalue weighted by Gasteiger charge is -2.13. The van der Waals surface area contributed by atoms with Crippen molar-refractivity contribution in [1.82, 2.24) is 4.90 Å². The van der Waals surface area contributed by atoms with E-state index >= 15 is 0 Å². The number of nitrogens with zero attached hydrogens (tertiary/aromatic N) is 1. The Balaban J connectivity index is 2.82. The van der Waals surface area contributed by atoms with Crippen molar-refractivity contribution >= 4 is 15.9 Å². The summed E-state index contributed by atoms with van der Waals surface area (Å²) in [5, 5.41) is 9.17. The highest BCUT2D eigenvalue weighted by Crippen LogP contribution is 2.21. The average molecular weight is 258 g/mol. The number of likely N-dealkylation sites (N-methyl/N-ethyl adjacent to an activating group) is 1. The van der Waals surface area contributed by atoms with Crippen LogP contribution in [0.4, 0.5) is 0 Å². The molecule has 0 aliphatic heterocycles. The first-order valence-corrected chi connectivity index (χ1v) is 5.46. The zero-order chi connectivity index (χ0) is 10.6. The molecule has 1 rings (SSSR count). The van der Waals surface area contributed by atoms with Gasteiger partial charge in [-0.25, -0.2) is 0 Å². The zero-order valence-corrected chi connectivity index (χ0v) is 10.2. The minimum absolute atomic E-state index is 0.113. The van der Waals surface area contributed by atoms with Crippen molar-refractivity contribution in [2.75, 3.05) is 20.6 Å². The smallest absolute Gasteiger partial charge is 0.0684 e. The lowest BCUT2D eigenvalue weighted by atomic mass is 10.1. The second-order valence-corrected chi connectivity index (χ2v) is 4.44. The van der Waals surface area contributed by atoms with Crippen molar-refractivity contribution < 1.29 is 5.11 Å². The molecule has 0 saturated carbocycles. The first-order chi connectivity index (χ1) is 6.65. The van der Waals surface area contributed by atoms with Crippen molar-refractivity contribution in [2.45, 2.75) is 13.0 Å². The van der Waals surface area contributed by atoms with Gasteiger partial charge in [-0.3, -0.25) is 0 Å². The molecule has 1 aromatic carbocycles. The Morgan fingerprint density at radius 1 is 1.36 bits per heavy atom. The van der Waals surface area contributed by atoms with Crippen molar-refractivity contribution in [2.24, 2.45) is 0 Å². The van der Waals surface area contributed by atoms with Crippen LogP contribution in [0.5, 0.6) is 0 Å². The number of hydrogen-bond acceptors (Lipinski definition) is 2. The van der Waals surface area contributed by atoms with Gasteiger partial charge in [0, 0.05) is 11.0 Å². The van der Waals surface area contributed by atoms with Crippen LogP contribution in [0.1, 0.15) is 11.1 Å². The maximum atomic E-state index is 9.17. The number of benzene rings is 1. The maximum absolute atomic E-state index is 9.17. The minimum atomic E-state index is 0.113. The summed E-state index contributed by atoms with van der Waals surface area (Å²) in [7, 11) is 4.10. The normalized spacial score (nSPS) is 10.9. The quantitative estimate of drug-likeness (QED) is 0.893. The first kappa shape index (κ1) is 11.7. The number of halogens is 1. The monoisotopic (exact) mass is 257 g/mol. The standard InChI is InChI=1S/C11H16BrNO/c1-13(2)7-6-10-9(8-14)4-3-5-11(10)12/h3-5,14H,6-8H2,1-2H3. The molecule has 3 heteroatoms. The fourth-order valence-electron chi connectivity index (χ4n) is 1.37. The summed E-state index contributed by atoms with van der Waals surface area (Å²) in [5.41, 5.74) is 2.23. The molecule has 0 heterocycles. The molecule has 0 radical (unpaired) electrons. The Morgan fingerprint density at radius 2 is 2.07 bits per heavy atom. The molecule has 0 aliphatic rings. The molecule has 14 heavy (non-hydrogen) atoms. The van der Waals surface area contributed by atoms with Crippen LogP contribution in [0.25, 0.3) is 0 Å². The fourth-order valence-corrected chi connectivity index (χ4v) is 1.97. The molecule has 0 fully saturated rings. The summed E-state index contributed by atoms with van der Waals surface area (Å²) < 4.78 is 1.09. The molecule has 1 aromatic rings. The van der Waals surface area contributed by atoms with Gasteiger partial charge in [0.05, 0.1) is 6.61 Å². The SMILES string of the molecule is CN(C)CCc1c(Br)cccc1CO. The van der Waals surface area contributed by atoms with E-state index in [2.05, 4.69) is 34.9 Å². The van der Waals surface area contributed by atoms with E-state index in [0.29, 0.717) is 0 Å². The van der Waals surface area contributed by atoms with Gasteiger partial charge in [-0.2, -0.15) is 0 Å². The summed E-state index contributed by atoms with van der Waals surface area (Å²) in [6.07, 6.45) is 0.963. The Morgan fingerprint density at radius 3 is 2.64 bits per heavy atom. The number of hydrogen-bond donors (Lipinski definition) is 1. The molecule has 0 amide bonds. The highest BCUT2D eigenvalue weighted by atomic mass is 79.9. The molecule has 0 saturated heterocycles. The lowest BCUT2D eigenvalue weighted by molar-refractivity contribution is 0.280. The van der Waals surface area contributed by atoms with E-state index in [0.717, 1.165) is 23.0 Å². The molecule has 0 spiro atoms. The van der Waals surface area contributed by atoms with Crippen LogP contribution < -0.4 is 0 Å². The van der Waals surface area contributed by atoms with Crippen molar-refractivity contribution in [1.29, 1.82) is 0 Å². The first-order valence-electron chi connectivity index (χ1n) is 4.67. The van der Waals surface area contributed by atoms with Gasteiger partial charge in [0.25, 0.3) is 0 Å². The van der Waals surface area contributed by atoms with E-state index in [4.69, 9.17) is 0 Å². The van der Waals surface area contributed by atoms with Crippen LogP contribution in [0.2, 0.25) is 0 Å². The van der Waals surface area contributed by atoms with E-state index in [1.807, 2.05) is 18.2 Å². The highest BCUT2D eigenvalue weighted by Gasteiger charge is 2.05. The predicted octanol–water partition coefficient (Wildman–Crippen LogP) is 2.05. The van der Waals surface area contributed by atoms with E-state index in [9.17, 15) is 5.11 Å². The van der Waals surface area contributed by atoms with E-state index in [1.165, 1.54) is 5.56 Å². The Bertz CT molecular complexity index is 299. The van der Waals surface area contributed by atoms with Crippen LogP contribution in [-0.4, -0.2) is 30.6 Å². The van der Waals surface area contributed by atoms with Gasteiger partial charge in [0.2, 0.25) is 0 Å². The van der Waals surface area contributed by atoms with Gasteiger partial charge < -0.3 is 10.0 Å². The van der Waals surface area contributed by atoms with Crippen LogP contribution in [0, 0.1) is 0 Å². The number of rotatable bonds is 4. The molecule has 0 bridgehead atoms. The molecule has 78 valence electrons. The lowest BCUT2D eigenvalue weighted by Crippen LogP contribution is -2.16. The Labute approximate surface area is 93.7 Å². The van der Waals surface area contributed by atoms with Gasteiger partial charge in [-0.05, 0) is 37.7 Å². The van der Waals surface area contributed by atoms with Crippen molar-refractivity contribution in [3.8, 4) is 0 Å². The highest BCUT2D eigenvalue weighted by molar-refractivity contribution is 9.10. The molecule has 2 nitrogen and oxygen atoms in total. The molecule has 0 unspecified atom stereocenters. The number of aliphatic hydroxyl groups excluding tert-OH is 1. The average Bonchev–Trinajstić information content (AvgIpc) is 2.15. The molecule has 0 aliphatic carbocycles. The molecule has 0 aromatic heterocycles. The molecule has 1 N–H and O–H groups in total. The van der Waals surface area contributed by atoms with E-state index in [1.54, 1.807) is 0 Å². The van der Waals surface area contributed by atoms with Crippen LogP contribution >= 0.6 is 15.9 Å². The van der Waals surface area contributed by atoms with Gasteiger partial charge in [0.15, 0.2) is 0 Å². The van der Waals surface area contributed by atoms with Crippen LogP contribution in [0.3, 0.4) is 0 Å². The molecular weight excluding hydrogens is 242 g/mol. The van der Waals surface area contributed by atoms with Crippen molar-refractivity contribution in [3.63, 3.8) is 0 Å². The van der Waals surface area contributed by atoms with E-state index < -0.39 is 0 Å². The fraction of sp³-hybridized carbons (Fsp3) is 0.455. The summed E-state index contributed by atoms with van der Waals surface area (Å²) in [6, 6.07) is 5.94. The summed E-state index contributed by atoms with van der Waals surface area (Å²) in [6.45, 7) is 1.11. The van der Waals surface area contributed by atoms with Gasteiger partial charge in [-0.15, -0.1) is 0 Å². The summed E-state index contributed by atoms with van der Waals surface area (Å²) in [5.74, 6) is 0. The third-order valence-electron chi connectivity index (χ3n) is 2.20. The van der Waals surface area contributed by atoms with Crippen LogP contribution in [-0.2, 0) is 13.0 Å². The topological polar surface area (TPSA) is 23.5 Å². The summed E-state index contributed by atoms with van der Waals surface area (Å²) >= 11 is 3.51. The van der Waals surface area contributed by atoms with Gasteiger partial charge in [-0.1, -0.05) is 28.1 Å². The molecule has 0 atom stereocenters. The second kappa shape index (κ2) is 5.49. The van der Waals surface area contributed by atoms with Crippen LogP contribution in [0.15, 0.2) is 22.7 Å². The van der Waals surface area contributed by atoms with Crippen molar-refractivity contribution in [3.05, 3.63) is 33.8 Å². The minimum Gasteiger partial charge on any atom is -0.392 e. The molecular formula is C11H16BrNO. The number of aliphatic hydroxyl groups is 1. The Hall–Kier alpha value is -0.380. The summed E-state index contributed by atoms with van der Waals surface area (Å²) in [4.78, 5) is 2.14. The van der Waals surface area contributed by atoms with E-state index in [-0.39, 0.29) is 6.61 Å². The third-order valence-corrected chi connectivity index (χ3v) is 2.94. The van der Waals surface area contributed by atoms with Gasteiger partial charge in [0.1, 0.15) is 0 Å². The Kier molecular flexibility index (Phi) is 4.58. The second-order valence-electron chi connectivity index (χ2n) is 3.59. The zero-order valence-electron chi connectivity index (χ0n) is 8.63.